The molecule has 0 spiro atoms. The second kappa shape index (κ2) is 3.88. The van der Waals surface area contributed by atoms with Crippen LogP contribution in [-0.2, 0) is 5.54 Å². The highest BCUT2D eigenvalue weighted by Crippen LogP contribution is 2.25. The summed E-state index contributed by atoms with van der Waals surface area (Å²) >= 11 is 0. The van der Waals surface area contributed by atoms with E-state index < -0.39 is 0 Å². The van der Waals surface area contributed by atoms with E-state index in [2.05, 4.69) is 0 Å². The van der Waals surface area contributed by atoms with Crippen LogP contribution in [0.4, 0.5) is 4.39 Å². The van der Waals surface area contributed by atoms with Gasteiger partial charge in [0.05, 0.1) is 0 Å². The van der Waals surface area contributed by atoms with E-state index in [0.29, 0.717) is 0 Å². The minimum Gasteiger partial charge on any atom is -0.321 e. The molecule has 1 aromatic rings. The molecular formula is C11H16FN. The molecule has 1 rings (SSSR count). The average Bonchev–Trinajstić information content (AvgIpc) is 2.17. The molecule has 0 fully saturated rings. The molecule has 72 valence electrons. The quantitative estimate of drug-likeness (QED) is 0.762. The number of hydrogen-bond acceptors (Lipinski definition) is 1. The fraction of sp³-hybridized carbons (Fsp3) is 0.455. The van der Waals surface area contributed by atoms with Gasteiger partial charge in [0, 0.05) is 5.54 Å². The molecular weight excluding hydrogens is 165 g/mol. The predicted octanol–water partition coefficient (Wildman–Crippen LogP) is 2.80. The van der Waals surface area contributed by atoms with Gasteiger partial charge in [-0.05, 0) is 30.5 Å². The van der Waals surface area contributed by atoms with E-state index >= 15 is 0 Å². The molecule has 1 nitrogen and oxygen atoms in total. The Labute approximate surface area is 78.8 Å². The monoisotopic (exact) mass is 181 g/mol. The van der Waals surface area contributed by atoms with Gasteiger partial charge < -0.3 is 5.73 Å². The van der Waals surface area contributed by atoms with E-state index in [0.717, 1.165) is 18.4 Å². The maximum Gasteiger partial charge on any atom is 0.123 e. The highest BCUT2D eigenvalue weighted by Gasteiger charge is 2.22. The van der Waals surface area contributed by atoms with Gasteiger partial charge >= 0.3 is 0 Å². The van der Waals surface area contributed by atoms with Gasteiger partial charge in [0.15, 0.2) is 0 Å². The Bertz CT molecular complexity index is 279. The minimum absolute atomic E-state index is 0.214. The highest BCUT2D eigenvalue weighted by molar-refractivity contribution is 5.24. The van der Waals surface area contributed by atoms with Gasteiger partial charge in [-0.15, -0.1) is 0 Å². The van der Waals surface area contributed by atoms with Crippen LogP contribution >= 0.6 is 0 Å². The molecule has 0 saturated carbocycles. The summed E-state index contributed by atoms with van der Waals surface area (Å²) in [6.07, 6.45) is 1.65. The summed E-state index contributed by atoms with van der Waals surface area (Å²) in [5.74, 6) is -0.214. The van der Waals surface area contributed by atoms with Crippen molar-refractivity contribution in [3.05, 3.63) is 35.6 Å². The van der Waals surface area contributed by atoms with Crippen LogP contribution in [0, 0.1) is 5.82 Å². The fourth-order valence-electron chi connectivity index (χ4n) is 1.46. The second-order valence-corrected chi connectivity index (χ2v) is 3.37. The molecule has 2 N–H and O–H groups in total. The van der Waals surface area contributed by atoms with Crippen LogP contribution in [0.25, 0.3) is 0 Å². The summed E-state index contributed by atoms with van der Waals surface area (Å²) in [5.41, 5.74) is 6.63. The summed E-state index contributed by atoms with van der Waals surface area (Å²) < 4.78 is 12.9. The average molecular weight is 181 g/mol. The Hall–Kier alpha value is -0.890. The lowest BCUT2D eigenvalue weighted by Gasteiger charge is -2.27. The molecule has 0 bridgehead atoms. The van der Waals surface area contributed by atoms with Gasteiger partial charge in [-0.25, -0.2) is 4.39 Å². The van der Waals surface area contributed by atoms with Crippen LogP contribution in [0.3, 0.4) is 0 Å². The van der Waals surface area contributed by atoms with Crippen molar-refractivity contribution in [1.82, 2.24) is 0 Å². The van der Waals surface area contributed by atoms with Gasteiger partial charge in [-0.3, -0.25) is 0 Å². The standard InChI is InChI=1S/C11H16FN/c1-3-11(13,4-2)9-6-5-7-10(12)8-9/h5-8H,3-4,13H2,1-2H3. The molecule has 0 aliphatic rings. The zero-order valence-electron chi connectivity index (χ0n) is 8.18. The first-order chi connectivity index (χ1) is 6.12. The number of halogens is 1. The zero-order valence-corrected chi connectivity index (χ0v) is 8.18. The topological polar surface area (TPSA) is 26.0 Å². The molecule has 0 unspecified atom stereocenters. The Morgan fingerprint density at radius 3 is 2.38 bits per heavy atom. The maximum absolute atomic E-state index is 12.9. The SMILES string of the molecule is CCC(N)(CC)c1cccc(F)c1. The van der Waals surface area contributed by atoms with E-state index in [1.165, 1.54) is 12.1 Å². The largest absolute Gasteiger partial charge is 0.321 e. The Morgan fingerprint density at radius 1 is 1.31 bits per heavy atom. The summed E-state index contributed by atoms with van der Waals surface area (Å²) in [5, 5.41) is 0. The lowest BCUT2D eigenvalue weighted by molar-refractivity contribution is 0.410. The Morgan fingerprint density at radius 2 is 1.92 bits per heavy atom. The molecule has 2 heteroatoms. The predicted molar refractivity (Wildman–Crippen MR) is 52.8 cm³/mol. The van der Waals surface area contributed by atoms with E-state index in [1.54, 1.807) is 6.07 Å². The normalized spacial score (nSPS) is 11.7. The van der Waals surface area contributed by atoms with Crippen LogP contribution in [0.5, 0.6) is 0 Å². The third-order valence-corrected chi connectivity index (χ3v) is 2.66. The van der Waals surface area contributed by atoms with Crippen LogP contribution in [0.15, 0.2) is 24.3 Å². The molecule has 1 aromatic carbocycles. The van der Waals surface area contributed by atoms with Crippen LogP contribution in [0.1, 0.15) is 32.3 Å². The van der Waals surface area contributed by atoms with Crippen molar-refractivity contribution in [2.45, 2.75) is 32.2 Å². The Kier molecular flexibility index (Phi) is 3.04. The third-order valence-electron chi connectivity index (χ3n) is 2.66. The third kappa shape index (κ3) is 2.07. The summed E-state index contributed by atoms with van der Waals surface area (Å²) in [4.78, 5) is 0. The number of hydrogen-bond donors (Lipinski definition) is 1. The van der Waals surface area contributed by atoms with Gasteiger partial charge in [0.1, 0.15) is 5.82 Å². The molecule has 13 heavy (non-hydrogen) atoms. The van der Waals surface area contributed by atoms with Crippen LogP contribution in [-0.4, -0.2) is 0 Å². The van der Waals surface area contributed by atoms with E-state index in [-0.39, 0.29) is 11.4 Å². The number of benzene rings is 1. The maximum atomic E-state index is 12.9. The van der Waals surface area contributed by atoms with E-state index in [9.17, 15) is 4.39 Å². The zero-order chi connectivity index (χ0) is 9.90. The van der Waals surface area contributed by atoms with Crippen molar-refractivity contribution in [3.8, 4) is 0 Å². The van der Waals surface area contributed by atoms with Gasteiger partial charge in [0.25, 0.3) is 0 Å². The van der Waals surface area contributed by atoms with Crippen molar-refractivity contribution >= 4 is 0 Å². The minimum atomic E-state index is -0.373. The summed E-state index contributed by atoms with van der Waals surface area (Å²) in [7, 11) is 0. The summed E-state index contributed by atoms with van der Waals surface area (Å²) in [6, 6.07) is 6.55. The molecule has 0 aromatic heterocycles. The van der Waals surface area contributed by atoms with E-state index in [1.807, 2.05) is 19.9 Å². The second-order valence-electron chi connectivity index (χ2n) is 3.37. The van der Waals surface area contributed by atoms with Crippen molar-refractivity contribution in [3.63, 3.8) is 0 Å². The van der Waals surface area contributed by atoms with Crippen LogP contribution in [0.2, 0.25) is 0 Å². The van der Waals surface area contributed by atoms with E-state index in [4.69, 9.17) is 5.73 Å². The highest BCUT2D eigenvalue weighted by atomic mass is 19.1. The molecule has 0 heterocycles. The number of nitrogens with two attached hydrogens (primary N) is 1. The van der Waals surface area contributed by atoms with Crippen LogP contribution < -0.4 is 5.73 Å². The molecule has 0 radical (unpaired) electrons. The summed E-state index contributed by atoms with van der Waals surface area (Å²) in [6.45, 7) is 4.04. The van der Waals surface area contributed by atoms with Crippen molar-refractivity contribution in [2.24, 2.45) is 5.73 Å². The lowest BCUT2D eigenvalue weighted by Crippen LogP contribution is -2.35. The molecule has 0 saturated heterocycles. The number of rotatable bonds is 3. The molecule has 0 atom stereocenters. The molecule has 0 aliphatic heterocycles. The van der Waals surface area contributed by atoms with Gasteiger partial charge in [-0.2, -0.15) is 0 Å². The van der Waals surface area contributed by atoms with Crippen molar-refractivity contribution in [2.75, 3.05) is 0 Å². The first-order valence-electron chi connectivity index (χ1n) is 4.67. The van der Waals surface area contributed by atoms with Gasteiger partial charge in [-0.1, -0.05) is 26.0 Å². The first-order valence-corrected chi connectivity index (χ1v) is 4.67. The molecule has 0 aliphatic carbocycles. The smallest absolute Gasteiger partial charge is 0.123 e. The fourth-order valence-corrected chi connectivity index (χ4v) is 1.46. The first kappa shape index (κ1) is 10.2. The van der Waals surface area contributed by atoms with Crippen molar-refractivity contribution in [1.29, 1.82) is 0 Å². The molecule has 0 amide bonds. The van der Waals surface area contributed by atoms with Gasteiger partial charge in [0.2, 0.25) is 0 Å². The lowest BCUT2D eigenvalue weighted by atomic mass is 9.86. The Balaban J connectivity index is 3.05. The van der Waals surface area contributed by atoms with Crippen molar-refractivity contribution < 1.29 is 4.39 Å².